The van der Waals surface area contributed by atoms with Crippen LogP contribution in [0.1, 0.15) is 5.56 Å². The highest BCUT2D eigenvalue weighted by Gasteiger charge is 2.04. The first-order valence-electron chi connectivity index (χ1n) is 4.92. The number of halogens is 2. The molecule has 0 bridgehead atoms. The zero-order valence-corrected chi connectivity index (χ0v) is 11.1. The molecule has 0 radical (unpaired) electrons. The van der Waals surface area contributed by atoms with Gasteiger partial charge in [-0.1, -0.05) is 23.7 Å². The van der Waals surface area contributed by atoms with Gasteiger partial charge in [-0.15, -0.1) is 0 Å². The van der Waals surface area contributed by atoms with Crippen molar-refractivity contribution in [2.24, 2.45) is 0 Å². The van der Waals surface area contributed by atoms with Gasteiger partial charge < -0.3 is 5.32 Å². The van der Waals surface area contributed by atoms with E-state index in [0.717, 1.165) is 15.8 Å². The SMILES string of the molecule is N#Cc1ccc(Nc2ccccc2Br)c(Cl)c1. The van der Waals surface area contributed by atoms with Crippen LogP contribution >= 0.6 is 27.5 Å². The molecule has 0 heterocycles. The average molecular weight is 308 g/mol. The molecule has 1 N–H and O–H groups in total. The predicted octanol–water partition coefficient (Wildman–Crippen LogP) is 4.72. The van der Waals surface area contributed by atoms with E-state index in [1.54, 1.807) is 18.2 Å². The Bertz CT molecular complexity index is 590. The Labute approximate surface area is 113 Å². The molecule has 0 fully saturated rings. The van der Waals surface area contributed by atoms with E-state index in [1.165, 1.54) is 0 Å². The molecule has 4 heteroatoms. The van der Waals surface area contributed by atoms with Gasteiger partial charge in [0, 0.05) is 4.47 Å². The minimum absolute atomic E-state index is 0.528. The van der Waals surface area contributed by atoms with Crippen LogP contribution in [0.25, 0.3) is 0 Å². The molecule has 0 saturated heterocycles. The van der Waals surface area contributed by atoms with Crippen LogP contribution in [0.5, 0.6) is 0 Å². The summed E-state index contributed by atoms with van der Waals surface area (Å²) in [6.45, 7) is 0. The summed E-state index contributed by atoms with van der Waals surface area (Å²) in [5.74, 6) is 0. The largest absolute Gasteiger partial charge is 0.353 e. The molecule has 0 aromatic heterocycles. The number of hydrogen-bond donors (Lipinski definition) is 1. The molecule has 0 aliphatic heterocycles. The molecule has 0 saturated carbocycles. The van der Waals surface area contributed by atoms with Gasteiger partial charge >= 0.3 is 0 Å². The Balaban J connectivity index is 2.32. The second-order valence-corrected chi connectivity index (χ2v) is 4.67. The van der Waals surface area contributed by atoms with Crippen molar-refractivity contribution in [1.29, 1.82) is 5.26 Å². The monoisotopic (exact) mass is 306 g/mol. The fraction of sp³-hybridized carbons (Fsp3) is 0. The Hall–Kier alpha value is -1.50. The van der Waals surface area contributed by atoms with E-state index in [0.29, 0.717) is 10.6 Å². The Morgan fingerprint density at radius 1 is 1.12 bits per heavy atom. The molecule has 0 atom stereocenters. The van der Waals surface area contributed by atoms with Gasteiger partial charge in [0.2, 0.25) is 0 Å². The highest BCUT2D eigenvalue weighted by molar-refractivity contribution is 9.10. The first kappa shape index (κ1) is 12.0. The average Bonchev–Trinajstić information content (AvgIpc) is 2.34. The van der Waals surface area contributed by atoms with Crippen LogP contribution in [0.4, 0.5) is 11.4 Å². The summed E-state index contributed by atoms with van der Waals surface area (Å²) < 4.78 is 0.959. The van der Waals surface area contributed by atoms with Gasteiger partial charge in [0.1, 0.15) is 0 Å². The Morgan fingerprint density at radius 2 is 1.88 bits per heavy atom. The second kappa shape index (κ2) is 5.22. The summed E-state index contributed by atoms with van der Waals surface area (Å²) in [5.41, 5.74) is 2.25. The number of nitriles is 1. The van der Waals surface area contributed by atoms with Crippen LogP contribution in [0.15, 0.2) is 46.9 Å². The lowest BCUT2D eigenvalue weighted by Gasteiger charge is -2.10. The number of para-hydroxylation sites is 1. The van der Waals surface area contributed by atoms with Crippen molar-refractivity contribution in [3.63, 3.8) is 0 Å². The molecule has 2 rings (SSSR count). The van der Waals surface area contributed by atoms with Crippen LogP contribution < -0.4 is 5.32 Å². The molecule has 2 aromatic rings. The molecule has 0 spiro atoms. The smallest absolute Gasteiger partial charge is 0.0992 e. The molecule has 2 aromatic carbocycles. The van der Waals surface area contributed by atoms with E-state index < -0.39 is 0 Å². The van der Waals surface area contributed by atoms with Crippen LogP contribution in [0.2, 0.25) is 5.02 Å². The number of hydrogen-bond acceptors (Lipinski definition) is 2. The third-order valence-electron chi connectivity index (χ3n) is 2.24. The Kier molecular flexibility index (Phi) is 3.68. The van der Waals surface area contributed by atoms with Gasteiger partial charge in [0.15, 0.2) is 0 Å². The zero-order chi connectivity index (χ0) is 12.3. The van der Waals surface area contributed by atoms with E-state index in [9.17, 15) is 0 Å². The van der Waals surface area contributed by atoms with E-state index in [2.05, 4.69) is 21.2 Å². The van der Waals surface area contributed by atoms with Crippen LogP contribution in [0, 0.1) is 11.3 Å². The molecule has 0 unspecified atom stereocenters. The van der Waals surface area contributed by atoms with Crippen molar-refractivity contribution < 1.29 is 0 Å². The van der Waals surface area contributed by atoms with E-state index in [-0.39, 0.29) is 0 Å². The zero-order valence-electron chi connectivity index (χ0n) is 8.74. The minimum atomic E-state index is 0.528. The summed E-state index contributed by atoms with van der Waals surface area (Å²) in [6, 6.07) is 15.0. The summed E-state index contributed by atoms with van der Waals surface area (Å²) in [5, 5.41) is 12.5. The van der Waals surface area contributed by atoms with Crippen molar-refractivity contribution in [3.8, 4) is 6.07 Å². The first-order valence-corrected chi connectivity index (χ1v) is 6.09. The van der Waals surface area contributed by atoms with Crippen molar-refractivity contribution in [1.82, 2.24) is 0 Å². The van der Waals surface area contributed by atoms with Crippen LogP contribution in [0.3, 0.4) is 0 Å². The number of nitrogens with zero attached hydrogens (tertiary/aromatic N) is 1. The van der Waals surface area contributed by atoms with Gasteiger partial charge in [-0.2, -0.15) is 5.26 Å². The van der Waals surface area contributed by atoms with E-state index in [4.69, 9.17) is 16.9 Å². The fourth-order valence-corrected chi connectivity index (χ4v) is 2.01. The number of anilines is 2. The second-order valence-electron chi connectivity index (χ2n) is 3.41. The Morgan fingerprint density at radius 3 is 2.53 bits per heavy atom. The fourth-order valence-electron chi connectivity index (χ4n) is 1.39. The molecule has 0 amide bonds. The van der Waals surface area contributed by atoms with Gasteiger partial charge in [-0.05, 0) is 46.3 Å². The molecular formula is C13H8BrClN2. The van der Waals surface area contributed by atoms with Gasteiger partial charge in [-0.3, -0.25) is 0 Å². The quantitative estimate of drug-likeness (QED) is 0.871. The summed E-state index contributed by atoms with van der Waals surface area (Å²) in [7, 11) is 0. The lowest BCUT2D eigenvalue weighted by atomic mass is 10.2. The standard InChI is InChI=1S/C13H8BrClN2/c14-10-3-1-2-4-12(10)17-13-6-5-9(8-16)7-11(13)15/h1-7,17H. The molecule has 2 nitrogen and oxygen atoms in total. The van der Waals surface area contributed by atoms with Crippen molar-refractivity contribution in [2.45, 2.75) is 0 Å². The third-order valence-corrected chi connectivity index (χ3v) is 3.25. The normalized spacial score (nSPS) is 9.71. The van der Waals surface area contributed by atoms with Crippen molar-refractivity contribution in [3.05, 3.63) is 57.5 Å². The lowest BCUT2D eigenvalue weighted by molar-refractivity contribution is 1.47. The number of benzene rings is 2. The number of rotatable bonds is 2. The third kappa shape index (κ3) is 2.79. The van der Waals surface area contributed by atoms with Gasteiger partial charge in [0.25, 0.3) is 0 Å². The topological polar surface area (TPSA) is 35.8 Å². The van der Waals surface area contributed by atoms with Gasteiger partial charge in [-0.25, -0.2) is 0 Å². The molecule has 84 valence electrons. The van der Waals surface area contributed by atoms with Crippen molar-refractivity contribution >= 4 is 38.9 Å². The van der Waals surface area contributed by atoms with Crippen molar-refractivity contribution in [2.75, 3.05) is 5.32 Å². The summed E-state index contributed by atoms with van der Waals surface area (Å²) >= 11 is 9.53. The molecule has 17 heavy (non-hydrogen) atoms. The van der Waals surface area contributed by atoms with E-state index in [1.807, 2.05) is 30.3 Å². The summed E-state index contributed by atoms with van der Waals surface area (Å²) in [4.78, 5) is 0. The lowest BCUT2D eigenvalue weighted by Crippen LogP contribution is -1.92. The van der Waals surface area contributed by atoms with Crippen LogP contribution in [-0.4, -0.2) is 0 Å². The van der Waals surface area contributed by atoms with Crippen LogP contribution in [-0.2, 0) is 0 Å². The summed E-state index contributed by atoms with van der Waals surface area (Å²) in [6.07, 6.45) is 0. The van der Waals surface area contributed by atoms with E-state index >= 15 is 0 Å². The molecule has 0 aliphatic rings. The highest BCUT2D eigenvalue weighted by atomic mass is 79.9. The number of nitrogens with one attached hydrogen (secondary N) is 1. The maximum Gasteiger partial charge on any atom is 0.0992 e. The molecular weight excluding hydrogens is 300 g/mol. The molecule has 0 aliphatic carbocycles. The first-order chi connectivity index (χ1) is 8.20. The highest BCUT2D eigenvalue weighted by Crippen LogP contribution is 2.30. The maximum atomic E-state index is 8.75. The predicted molar refractivity (Wildman–Crippen MR) is 73.6 cm³/mol. The maximum absolute atomic E-state index is 8.75. The minimum Gasteiger partial charge on any atom is -0.353 e. The van der Waals surface area contributed by atoms with Gasteiger partial charge in [0.05, 0.1) is 28.0 Å².